The number of benzene rings is 1. The van der Waals surface area contributed by atoms with Crippen molar-refractivity contribution in [3.63, 3.8) is 0 Å². The quantitative estimate of drug-likeness (QED) is 0.735. The first-order chi connectivity index (χ1) is 10.5. The van der Waals surface area contributed by atoms with Gasteiger partial charge >= 0.3 is 0 Å². The normalized spacial score (nSPS) is 10.9. The van der Waals surface area contributed by atoms with Crippen molar-refractivity contribution < 1.29 is 4.52 Å². The van der Waals surface area contributed by atoms with Crippen LogP contribution in [-0.2, 0) is 6.54 Å². The van der Waals surface area contributed by atoms with Gasteiger partial charge < -0.3 is 4.52 Å². The Morgan fingerprint density at radius 1 is 1.32 bits per heavy atom. The molecule has 0 bridgehead atoms. The van der Waals surface area contributed by atoms with E-state index in [1.165, 1.54) is 6.20 Å². The van der Waals surface area contributed by atoms with Crippen LogP contribution in [0.4, 0.5) is 0 Å². The second-order valence-electron chi connectivity index (χ2n) is 4.65. The Labute approximate surface area is 135 Å². The second kappa shape index (κ2) is 5.90. The molecule has 0 saturated carbocycles. The van der Waals surface area contributed by atoms with Crippen molar-refractivity contribution in [2.75, 3.05) is 0 Å². The molecule has 112 valence electrons. The highest BCUT2D eigenvalue weighted by Crippen LogP contribution is 2.18. The zero-order valence-corrected chi connectivity index (χ0v) is 13.0. The van der Waals surface area contributed by atoms with Crippen LogP contribution in [0.1, 0.15) is 11.4 Å². The van der Waals surface area contributed by atoms with Gasteiger partial charge in [0.25, 0.3) is 11.4 Å². The molecular formula is C14H10Cl2N4O2. The molecule has 1 aromatic carbocycles. The van der Waals surface area contributed by atoms with Crippen LogP contribution in [0.2, 0.25) is 10.0 Å². The van der Waals surface area contributed by atoms with E-state index >= 15 is 0 Å². The van der Waals surface area contributed by atoms with Gasteiger partial charge in [0.1, 0.15) is 11.6 Å². The minimum absolute atomic E-state index is 0.0467. The largest absolute Gasteiger partial charge is 0.334 e. The van der Waals surface area contributed by atoms with Crippen molar-refractivity contribution in [3.05, 3.63) is 62.2 Å². The first-order valence-electron chi connectivity index (χ1n) is 6.35. The lowest BCUT2D eigenvalue weighted by molar-refractivity contribution is 0.417. The molecule has 0 aliphatic heterocycles. The number of nitrogens with zero attached hydrogens (tertiary/aromatic N) is 4. The highest BCUT2D eigenvalue weighted by molar-refractivity contribution is 6.41. The predicted molar refractivity (Wildman–Crippen MR) is 82.1 cm³/mol. The number of hydrogen-bond acceptors (Lipinski definition) is 5. The zero-order valence-electron chi connectivity index (χ0n) is 11.5. The third-order valence-electron chi connectivity index (χ3n) is 2.97. The van der Waals surface area contributed by atoms with Crippen LogP contribution < -0.4 is 5.56 Å². The summed E-state index contributed by atoms with van der Waals surface area (Å²) in [6.45, 7) is 2.02. The molecule has 6 nitrogen and oxygen atoms in total. The summed E-state index contributed by atoms with van der Waals surface area (Å²) < 4.78 is 6.33. The van der Waals surface area contributed by atoms with Crippen molar-refractivity contribution >= 4 is 23.2 Å². The van der Waals surface area contributed by atoms with E-state index in [1.54, 1.807) is 0 Å². The fourth-order valence-electron chi connectivity index (χ4n) is 1.91. The first-order valence-corrected chi connectivity index (χ1v) is 7.11. The van der Waals surface area contributed by atoms with Crippen LogP contribution in [0.15, 0.2) is 39.8 Å². The van der Waals surface area contributed by atoms with E-state index in [4.69, 9.17) is 27.7 Å². The third-order valence-corrected chi connectivity index (χ3v) is 3.72. The number of hydrogen-bond donors (Lipinski definition) is 0. The van der Waals surface area contributed by atoms with E-state index in [1.807, 2.05) is 31.2 Å². The van der Waals surface area contributed by atoms with E-state index in [0.29, 0.717) is 11.7 Å². The molecule has 3 rings (SSSR count). The minimum Gasteiger partial charge on any atom is -0.334 e. The number of rotatable bonds is 3. The van der Waals surface area contributed by atoms with Crippen LogP contribution >= 0.6 is 23.2 Å². The maximum atomic E-state index is 11.9. The molecule has 0 spiro atoms. The SMILES string of the molecule is Cc1cccc(-c2nc(Cn3ncc(Cl)c(Cl)c3=O)no2)c1. The zero-order chi connectivity index (χ0) is 15.7. The molecule has 0 atom stereocenters. The Morgan fingerprint density at radius 2 is 2.14 bits per heavy atom. The lowest BCUT2D eigenvalue weighted by Crippen LogP contribution is -2.24. The van der Waals surface area contributed by atoms with E-state index in [9.17, 15) is 4.79 Å². The average molecular weight is 337 g/mol. The van der Waals surface area contributed by atoms with Crippen molar-refractivity contribution in [3.8, 4) is 11.5 Å². The monoisotopic (exact) mass is 336 g/mol. The third kappa shape index (κ3) is 2.88. The van der Waals surface area contributed by atoms with Gasteiger partial charge in [-0.05, 0) is 19.1 Å². The number of aryl methyl sites for hydroxylation is 1. The summed E-state index contributed by atoms with van der Waals surface area (Å²) >= 11 is 11.5. The Morgan fingerprint density at radius 3 is 2.91 bits per heavy atom. The minimum atomic E-state index is -0.504. The molecule has 0 amide bonds. The van der Waals surface area contributed by atoms with Crippen molar-refractivity contribution in [1.82, 2.24) is 19.9 Å². The molecule has 2 aromatic heterocycles. The molecule has 0 saturated heterocycles. The van der Waals surface area contributed by atoms with Gasteiger partial charge in [0.15, 0.2) is 5.82 Å². The van der Waals surface area contributed by atoms with Crippen molar-refractivity contribution in [2.45, 2.75) is 13.5 Å². The summed E-state index contributed by atoms with van der Waals surface area (Å²) in [4.78, 5) is 16.2. The molecule has 0 fully saturated rings. The Hall–Kier alpha value is -2.18. The molecule has 3 aromatic rings. The number of aromatic nitrogens is 4. The smallest absolute Gasteiger partial charge is 0.287 e. The molecule has 0 N–H and O–H groups in total. The first kappa shape index (κ1) is 14.7. The summed E-state index contributed by atoms with van der Waals surface area (Å²) in [6.07, 6.45) is 1.30. The molecule has 0 aliphatic rings. The Balaban J connectivity index is 1.89. The molecule has 0 aliphatic carbocycles. The summed E-state index contributed by atoms with van der Waals surface area (Å²) in [5.74, 6) is 0.705. The van der Waals surface area contributed by atoms with Crippen LogP contribution in [-0.4, -0.2) is 19.9 Å². The Kier molecular flexibility index (Phi) is 3.96. The summed E-state index contributed by atoms with van der Waals surface area (Å²) in [7, 11) is 0. The molecule has 0 unspecified atom stereocenters. The van der Waals surface area contributed by atoms with Crippen molar-refractivity contribution in [2.24, 2.45) is 0 Å². The lowest BCUT2D eigenvalue weighted by atomic mass is 10.1. The van der Waals surface area contributed by atoms with Crippen LogP contribution in [0.25, 0.3) is 11.5 Å². The average Bonchev–Trinajstić information content (AvgIpc) is 2.97. The van der Waals surface area contributed by atoms with Gasteiger partial charge in [-0.15, -0.1) is 0 Å². The van der Waals surface area contributed by atoms with E-state index < -0.39 is 5.56 Å². The van der Waals surface area contributed by atoms with E-state index in [-0.39, 0.29) is 16.6 Å². The second-order valence-corrected chi connectivity index (χ2v) is 5.44. The van der Waals surface area contributed by atoms with Gasteiger partial charge in [0.2, 0.25) is 0 Å². The van der Waals surface area contributed by atoms with Gasteiger partial charge in [-0.2, -0.15) is 10.1 Å². The van der Waals surface area contributed by atoms with Gasteiger partial charge in [0, 0.05) is 5.56 Å². The van der Waals surface area contributed by atoms with Crippen LogP contribution in [0.3, 0.4) is 0 Å². The summed E-state index contributed by atoms with van der Waals surface area (Å²) in [5.41, 5.74) is 1.39. The molecular weight excluding hydrogens is 327 g/mol. The predicted octanol–water partition coefficient (Wildman–Crippen LogP) is 2.96. The maximum Gasteiger partial charge on any atom is 0.287 e. The van der Waals surface area contributed by atoms with Gasteiger partial charge in [-0.1, -0.05) is 46.1 Å². The molecule has 22 heavy (non-hydrogen) atoms. The van der Waals surface area contributed by atoms with Crippen molar-refractivity contribution in [1.29, 1.82) is 0 Å². The summed E-state index contributed by atoms with van der Waals surface area (Å²) in [5, 5.41) is 7.77. The van der Waals surface area contributed by atoms with Gasteiger partial charge in [0.05, 0.1) is 11.2 Å². The lowest BCUT2D eigenvalue weighted by Gasteiger charge is -2.01. The van der Waals surface area contributed by atoms with Crippen LogP contribution in [0.5, 0.6) is 0 Å². The standard InChI is InChI=1S/C14H10Cl2N4O2/c1-8-3-2-4-9(5-8)13-18-11(19-22-13)7-20-14(21)12(16)10(15)6-17-20/h2-6H,7H2,1H3. The molecule has 2 heterocycles. The topological polar surface area (TPSA) is 73.8 Å². The van der Waals surface area contributed by atoms with E-state index in [0.717, 1.165) is 15.8 Å². The highest BCUT2D eigenvalue weighted by atomic mass is 35.5. The fraction of sp³-hybridized carbons (Fsp3) is 0.143. The Bertz CT molecular complexity index is 889. The maximum absolute atomic E-state index is 11.9. The summed E-state index contributed by atoms with van der Waals surface area (Å²) in [6, 6.07) is 7.67. The van der Waals surface area contributed by atoms with Gasteiger partial charge in [-0.25, -0.2) is 4.68 Å². The highest BCUT2D eigenvalue weighted by Gasteiger charge is 2.13. The van der Waals surface area contributed by atoms with Gasteiger partial charge in [-0.3, -0.25) is 4.79 Å². The van der Waals surface area contributed by atoms with E-state index in [2.05, 4.69) is 15.2 Å². The number of halogens is 2. The fourth-order valence-corrected chi connectivity index (χ4v) is 2.18. The molecule has 8 heteroatoms. The molecule has 0 radical (unpaired) electrons. The van der Waals surface area contributed by atoms with Crippen LogP contribution in [0, 0.1) is 6.92 Å².